The molecule has 1 unspecified atom stereocenters. The smallest absolute Gasteiger partial charge is 0.363 e. The molecule has 2 N–H and O–H groups in total. The average molecular weight is 363 g/mol. The summed E-state index contributed by atoms with van der Waals surface area (Å²) < 4.78 is 53.2. The summed E-state index contributed by atoms with van der Waals surface area (Å²) in [7, 11) is 0. The van der Waals surface area contributed by atoms with E-state index in [0.717, 1.165) is 22.6 Å². The van der Waals surface area contributed by atoms with Crippen molar-refractivity contribution in [3.63, 3.8) is 0 Å². The quantitative estimate of drug-likeness (QED) is 0.696. The van der Waals surface area contributed by atoms with Gasteiger partial charge >= 0.3 is 6.18 Å². The van der Waals surface area contributed by atoms with E-state index in [1.54, 1.807) is 6.07 Å². The summed E-state index contributed by atoms with van der Waals surface area (Å²) >= 11 is 0. The van der Waals surface area contributed by atoms with Crippen LogP contribution in [0.4, 0.5) is 17.6 Å². The van der Waals surface area contributed by atoms with Crippen molar-refractivity contribution in [3.8, 4) is 5.69 Å². The van der Waals surface area contributed by atoms with Crippen LogP contribution in [0.3, 0.4) is 0 Å². The third-order valence-corrected chi connectivity index (χ3v) is 4.16. The first-order chi connectivity index (χ1) is 12.4. The first-order valence-electron chi connectivity index (χ1n) is 7.80. The number of aromatic nitrogens is 3. The summed E-state index contributed by atoms with van der Waals surface area (Å²) in [6.45, 7) is 0. The van der Waals surface area contributed by atoms with Crippen LogP contribution in [0, 0.1) is 5.82 Å². The number of hydrogen-bond donors (Lipinski definition) is 2. The van der Waals surface area contributed by atoms with Crippen molar-refractivity contribution in [1.29, 1.82) is 0 Å². The zero-order valence-corrected chi connectivity index (χ0v) is 13.3. The minimum absolute atomic E-state index is 0.0248. The maximum atomic E-state index is 14.4. The van der Waals surface area contributed by atoms with Crippen LogP contribution < -0.4 is 5.43 Å². The van der Waals surface area contributed by atoms with Crippen LogP contribution in [0.15, 0.2) is 53.9 Å². The molecule has 1 atom stereocenters. The summed E-state index contributed by atoms with van der Waals surface area (Å²) in [5.41, 5.74) is 4.06. The van der Waals surface area contributed by atoms with E-state index in [0.29, 0.717) is 17.7 Å². The number of halogens is 4. The van der Waals surface area contributed by atoms with Gasteiger partial charge in [0.05, 0.1) is 11.8 Å². The summed E-state index contributed by atoms with van der Waals surface area (Å²) in [6.07, 6.45) is -1.11. The highest BCUT2D eigenvalue weighted by molar-refractivity contribution is 6.01. The number of nitrogens with zero attached hydrogens (tertiary/aromatic N) is 3. The van der Waals surface area contributed by atoms with E-state index < -0.39 is 17.7 Å². The molecule has 26 heavy (non-hydrogen) atoms. The molecule has 134 valence electrons. The number of hydrazone groups is 1. The van der Waals surface area contributed by atoms with Gasteiger partial charge in [0.15, 0.2) is 5.69 Å². The van der Waals surface area contributed by atoms with E-state index >= 15 is 0 Å². The van der Waals surface area contributed by atoms with Crippen molar-refractivity contribution in [2.45, 2.75) is 18.6 Å². The highest BCUT2D eigenvalue weighted by Crippen LogP contribution is 2.29. The van der Waals surface area contributed by atoms with Gasteiger partial charge in [0.2, 0.25) is 0 Å². The molecule has 9 heteroatoms. The Morgan fingerprint density at radius 1 is 1.15 bits per heavy atom. The van der Waals surface area contributed by atoms with Crippen LogP contribution in [0.2, 0.25) is 0 Å². The van der Waals surface area contributed by atoms with Gasteiger partial charge in [-0.2, -0.15) is 23.4 Å². The van der Waals surface area contributed by atoms with Crippen molar-refractivity contribution >= 4 is 5.71 Å². The van der Waals surface area contributed by atoms with Gasteiger partial charge in [-0.25, -0.2) is 9.07 Å². The Hall–Kier alpha value is -3.10. The zero-order valence-electron chi connectivity index (χ0n) is 13.3. The molecule has 0 saturated carbocycles. The van der Waals surface area contributed by atoms with Crippen LogP contribution in [0.5, 0.6) is 0 Å². The predicted octanol–water partition coefficient (Wildman–Crippen LogP) is 3.80. The summed E-state index contributed by atoms with van der Waals surface area (Å²) in [4.78, 5) is 3.09. The molecule has 1 aromatic carbocycles. The van der Waals surface area contributed by atoms with Gasteiger partial charge in [-0.05, 0) is 30.3 Å². The third kappa shape index (κ3) is 2.96. The number of aromatic amines is 1. The van der Waals surface area contributed by atoms with Crippen LogP contribution >= 0.6 is 0 Å². The van der Waals surface area contributed by atoms with Crippen LogP contribution in [-0.2, 0) is 6.18 Å². The molecule has 4 rings (SSSR count). The van der Waals surface area contributed by atoms with Crippen LogP contribution in [0.25, 0.3) is 5.69 Å². The lowest BCUT2D eigenvalue weighted by molar-refractivity contribution is -0.141. The van der Waals surface area contributed by atoms with E-state index in [9.17, 15) is 17.6 Å². The minimum Gasteiger partial charge on any atom is -0.363 e. The van der Waals surface area contributed by atoms with Crippen molar-refractivity contribution in [2.24, 2.45) is 5.10 Å². The molecule has 5 nitrogen and oxygen atoms in total. The zero-order chi connectivity index (χ0) is 18.3. The first-order valence-corrected chi connectivity index (χ1v) is 7.80. The monoisotopic (exact) mass is 363 g/mol. The number of H-pyrrole nitrogens is 1. The van der Waals surface area contributed by atoms with Gasteiger partial charge < -0.3 is 10.4 Å². The molecule has 0 spiro atoms. The molecule has 2 aromatic heterocycles. The molecule has 0 radical (unpaired) electrons. The standard InChI is InChI=1S/C17H13F4N5/c18-11-8-10(13-9-14(24-23-13)12-2-1-6-22-12)3-4-15(11)26-7-5-16(25-26)17(19,20)21/h1-8,14,22,24H,9H2. The molecular formula is C17H13F4N5. The number of alkyl halides is 3. The fraction of sp³-hybridized carbons (Fsp3) is 0.176. The molecule has 3 heterocycles. The third-order valence-electron chi connectivity index (χ3n) is 4.16. The second-order valence-electron chi connectivity index (χ2n) is 5.88. The van der Waals surface area contributed by atoms with Crippen LogP contribution in [0.1, 0.15) is 29.4 Å². The molecule has 0 bridgehead atoms. The molecule has 1 aliphatic rings. The minimum atomic E-state index is -4.57. The lowest BCUT2D eigenvalue weighted by Gasteiger charge is -2.08. The largest absolute Gasteiger partial charge is 0.435 e. The maximum absolute atomic E-state index is 14.4. The lowest BCUT2D eigenvalue weighted by Crippen LogP contribution is -2.10. The Bertz CT molecular complexity index is 956. The molecule has 0 saturated heterocycles. The Labute approximate surface area is 145 Å². The van der Waals surface area contributed by atoms with Crippen molar-refractivity contribution < 1.29 is 17.6 Å². The molecule has 0 aliphatic carbocycles. The van der Waals surface area contributed by atoms with Gasteiger partial charge in [-0.15, -0.1) is 0 Å². The Kier molecular flexibility index (Phi) is 3.78. The van der Waals surface area contributed by atoms with Gasteiger partial charge in [0.25, 0.3) is 0 Å². The molecule has 3 aromatic rings. The number of rotatable bonds is 3. The van der Waals surface area contributed by atoms with Crippen LogP contribution in [-0.4, -0.2) is 20.5 Å². The van der Waals surface area contributed by atoms with Crippen molar-refractivity contribution in [2.75, 3.05) is 0 Å². The Morgan fingerprint density at radius 3 is 2.65 bits per heavy atom. The second kappa shape index (κ2) is 6.01. The normalized spacial score (nSPS) is 17.2. The fourth-order valence-corrected chi connectivity index (χ4v) is 2.84. The number of benzene rings is 1. The van der Waals surface area contributed by atoms with E-state index in [2.05, 4.69) is 20.6 Å². The van der Waals surface area contributed by atoms with Crippen molar-refractivity contribution in [1.82, 2.24) is 20.2 Å². The van der Waals surface area contributed by atoms with Gasteiger partial charge in [0.1, 0.15) is 11.5 Å². The maximum Gasteiger partial charge on any atom is 0.435 e. The van der Waals surface area contributed by atoms with E-state index in [4.69, 9.17) is 0 Å². The van der Waals surface area contributed by atoms with Gasteiger partial charge in [-0.1, -0.05) is 6.07 Å². The Balaban J connectivity index is 1.56. The highest BCUT2D eigenvalue weighted by Gasteiger charge is 2.33. The molecular weight excluding hydrogens is 350 g/mol. The van der Waals surface area contributed by atoms with Gasteiger partial charge in [-0.3, -0.25) is 0 Å². The van der Waals surface area contributed by atoms with E-state index in [1.807, 2.05) is 18.3 Å². The Morgan fingerprint density at radius 2 is 2.00 bits per heavy atom. The highest BCUT2D eigenvalue weighted by atomic mass is 19.4. The molecule has 0 fully saturated rings. The first kappa shape index (κ1) is 16.4. The number of nitrogens with one attached hydrogen (secondary N) is 2. The predicted molar refractivity (Wildman–Crippen MR) is 86.3 cm³/mol. The molecule has 0 amide bonds. The number of hydrogen-bond acceptors (Lipinski definition) is 3. The van der Waals surface area contributed by atoms with Crippen molar-refractivity contribution in [3.05, 3.63) is 71.6 Å². The SMILES string of the molecule is Fc1cc(C2=NNC(c3ccc[nH]3)C2)ccc1-n1ccc(C(F)(F)F)n1. The van der Waals surface area contributed by atoms with Gasteiger partial charge in [0, 0.05) is 30.1 Å². The summed E-state index contributed by atoms with van der Waals surface area (Å²) in [5, 5.41) is 7.62. The topological polar surface area (TPSA) is 58.0 Å². The van der Waals surface area contributed by atoms with E-state index in [-0.39, 0.29) is 11.7 Å². The fourth-order valence-electron chi connectivity index (χ4n) is 2.84. The average Bonchev–Trinajstić information content (AvgIpc) is 3.33. The summed E-state index contributed by atoms with van der Waals surface area (Å²) in [5.74, 6) is -0.676. The van der Waals surface area contributed by atoms with E-state index in [1.165, 1.54) is 12.1 Å². The summed E-state index contributed by atoms with van der Waals surface area (Å²) in [6, 6.07) is 8.84. The lowest BCUT2D eigenvalue weighted by atomic mass is 10.0. The second-order valence-corrected chi connectivity index (χ2v) is 5.88. The molecule has 1 aliphatic heterocycles.